The standard InChI is InChI=1S/C21H18BrF6NO/c22-16-7-2-1-5-13(16)12-18(30)29-10-4-3-6-14-11-15(8-9-17(14)29)19(20(23,24)25)21(26,27)28/h1-2,5,7-9,11,19H,3-4,6,10,12H2. The van der Waals surface area contributed by atoms with Crippen molar-refractivity contribution in [2.24, 2.45) is 0 Å². The lowest BCUT2D eigenvalue weighted by atomic mass is 9.94. The van der Waals surface area contributed by atoms with Crippen LogP contribution < -0.4 is 4.90 Å². The van der Waals surface area contributed by atoms with E-state index in [0.29, 0.717) is 37.1 Å². The summed E-state index contributed by atoms with van der Waals surface area (Å²) in [4.78, 5) is 14.4. The summed E-state index contributed by atoms with van der Waals surface area (Å²) in [6, 6.07) is 10.1. The molecule has 0 saturated carbocycles. The Kier molecular flexibility index (Phi) is 6.50. The molecule has 9 heteroatoms. The monoisotopic (exact) mass is 493 g/mol. The molecule has 0 aliphatic carbocycles. The quantitative estimate of drug-likeness (QED) is 0.443. The van der Waals surface area contributed by atoms with Crippen LogP contribution in [0.1, 0.15) is 35.4 Å². The van der Waals surface area contributed by atoms with E-state index in [0.717, 1.165) is 22.2 Å². The number of nitrogens with zero attached hydrogens (tertiary/aromatic N) is 1. The van der Waals surface area contributed by atoms with Crippen molar-refractivity contribution in [3.8, 4) is 0 Å². The predicted octanol–water partition coefficient (Wildman–Crippen LogP) is 6.57. The number of carbonyl (C=O) groups excluding carboxylic acids is 1. The summed E-state index contributed by atoms with van der Waals surface area (Å²) >= 11 is 3.37. The van der Waals surface area contributed by atoms with Gasteiger partial charge in [0.25, 0.3) is 0 Å². The highest BCUT2D eigenvalue weighted by Crippen LogP contribution is 2.47. The lowest BCUT2D eigenvalue weighted by Crippen LogP contribution is -2.35. The van der Waals surface area contributed by atoms with Crippen molar-refractivity contribution >= 4 is 27.5 Å². The molecule has 2 aromatic rings. The molecule has 0 bridgehead atoms. The van der Waals surface area contributed by atoms with Gasteiger partial charge in [-0.3, -0.25) is 4.79 Å². The van der Waals surface area contributed by atoms with E-state index in [1.807, 2.05) is 0 Å². The molecular formula is C21H18BrF6NO. The van der Waals surface area contributed by atoms with Gasteiger partial charge < -0.3 is 4.90 Å². The summed E-state index contributed by atoms with van der Waals surface area (Å²) in [5, 5.41) is 0. The zero-order valence-electron chi connectivity index (χ0n) is 15.7. The fourth-order valence-electron chi connectivity index (χ4n) is 3.68. The van der Waals surface area contributed by atoms with Crippen molar-refractivity contribution in [3.05, 3.63) is 63.6 Å². The van der Waals surface area contributed by atoms with Gasteiger partial charge in [-0.2, -0.15) is 26.3 Å². The van der Waals surface area contributed by atoms with Gasteiger partial charge >= 0.3 is 12.4 Å². The third kappa shape index (κ3) is 4.99. The average Bonchev–Trinajstić information content (AvgIpc) is 2.83. The highest BCUT2D eigenvalue weighted by Gasteiger charge is 2.57. The predicted molar refractivity (Wildman–Crippen MR) is 104 cm³/mol. The Morgan fingerprint density at radius 2 is 1.67 bits per heavy atom. The molecule has 1 amide bonds. The number of anilines is 1. The minimum Gasteiger partial charge on any atom is -0.312 e. The number of rotatable bonds is 3. The highest BCUT2D eigenvalue weighted by molar-refractivity contribution is 9.10. The van der Waals surface area contributed by atoms with Gasteiger partial charge in [-0.1, -0.05) is 46.3 Å². The molecule has 0 atom stereocenters. The fraction of sp³-hybridized carbons (Fsp3) is 0.381. The molecule has 1 aliphatic rings. The van der Waals surface area contributed by atoms with Crippen LogP contribution in [0.5, 0.6) is 0 Å². The van der Waals surface area contributed by atoms with Gasteiger partial charge in [-0.05, 0) is 48.1 Å². The number of alkyl halides is 6. The van der Waals surface area contributed by atoms with Crippen LogP contribution in [0.3, 0.4) is 0 Å². The molecule has 0 fully saturated rings. The van der Waals surface area contributed by atoms with Crippen LogP contribution in [0.2, 0.25) is 0 Å². The molecule has 2 aromatic carbocycles. The van der Waals surface area contributed by atoms with Gasteiger partial charge in [-0.15, -0.1) is 0 Å². The zero-order chi connectivity index (χ0) is 22.1. The zero-order valence-corrected chi connectivity index (χ0v) is 17.2. The minimum atomic E-state index is -5.45. The first-order valence-electron chi connectivity index (χ1n) is 9.28. The molecule has 0 unspecified atom stereocenters. The number of benzene rings is 2. The van der Waals surface area contributed by atoms with E-state index in [2.05, 4.69) is 15.9 Å². The Balaban J connectivity index is 1.95. The first-order valence-corrected chi connectivity index (χ1v) is 10.1. The molecule has 0 N–H and O–H groups in total. The summed E-state index contributed by atoms with van der Waals surface area (Å²) in [6.07, 6.45) is -9.36. The van der Waals surface area contributed by atoms with Gasteiger partial charge in [0.1, 0.15) is 0 Å². The Morgan fingerprint density at radius 3 is 2.30 bits per heavy atom. The third-order valence-corrected chi connectivity index (χ3v) is 5.83. The molecule has 2 nitrogen and oxygen atoms in total. The van der Waals surface area contributed by atoms with Crippen LogP contribution in [-0.4, -0.2) is 24.8 Å². The van der Waals surface area contributed by atoms with Crippen molar-refractivity contribution in [3.63, 3.8) is 0 Å². The molecule has 0 spiro atoms. The maximum atomic E-state index is 13.1. The van der Waals surface area contributed by atoms with Crippen molar-refractivity contribution in [1.29, 1.82) is 0 Å². The number of hydrogen-bond donors (Lipinski definition) is 0. The number of aryl methyl sites for hydroxylation is 1. The van der Waals surface area contributed by atoms with Crippen LogP contribution in [0.25, 0.3) is 0 Å². The molecule has 0 saturated heterocycles. The first kappa shape index (κ1) is 22.7. The van der Waals surface area contributed by atoms with Crippen molar-refractivity contribution in [2.75, 3.05) is 11.4 Å². The third-order valence-electron chi connectivity index (χ3n) is 5.06. The molecule has 3 rings (SSSR count). The summed E-state index contributed by atoms with van der Waals surface area (Å²) in [7, 11) is 0. The Morgan fingerprint density at radius 1 is 1.00 bits per heavy atom. The lowest BCUT2D eigenvalue weighted by Gasteiger charge is -2.26. The van der Waals surface area contributed by atoms with E-state index >= 15 is 0 Å². The summed E-state index contributed by atoms with van der Waals surface area (Å²) in [5.41, 5.74) is 0.591. The number of halogens is 7. The van der Waals surface area contributed by atoms with Crippen LogP contribution in [0.4, 0.5) is 32.0 Å². The van der Waals surface area contributed by atoms with Gasteiger partial charge in [0.2, 0.25) is 5.91 Å². The molecule has 1 aliphatic heterocycles. The molecule has 30 heavy (non-hydrogen) atoms. The summed E-state index contributed by atoms with van der Waals surface area (Å²) in [6.45, 7) is 0.359. The summed E-state index contributed by atoms with van der Waals surface area (Å²) < 4.78 is 79.4. The Bertz CT molecular complexity index is 910. The second kappa shape index (κ2) is 8.61. The van der Waals surface area contributed by atoms with E-state index in [1.165, 1.54) is 11.0 Å². The second-order valence-corrected chi connectivity index (χ2v) is 8.03. The molecule has 162 valence electrons. The van der Waals surface area contributed by atoms with Crippen molar-refractivity contribution in [1.82, 2.24) is 0 Å². The lowest BCUT2D eigenvalue weighted by molar-refractivity contribution is -0.253. The van der Waals surface area contributed by atoms with Gasteiger partial charge in [0.15, 0.2) is 5.92 Å². The fourth-order valence-corrected chi connectivity index (χ4v) is 4.10. The van der Waals surface area contributed by atoms with Gasteiger partial charge in [-0.25, -0.2) is 0 Å². The van der Waals surface area contributed by atoms with Crippen molar-refractivity contribution in [2.45, 2.75) is 44.0 Å². The second-order valence-electron chi connectivity index (χ2n) is 7.18. The number of fused-ring (bicyclic) bond motifs is 1. The Hall–Kier alpha value is -2.03. The average molecular weight is 494 g/mol. The van der Waals surface area contributed by atoms with Crippen molar-refractivity contribution < 1.29 is 31.1 Å². The number of carbonyl (C=O) groups is 1. The van der Waals surface area contributed by atoms with E-state index in [1.54, 1.807) is 24.3 Å². The molecular weight excluding hydrogens is 476 g/mol. The smallest absolute Gasteiger partial charge is 0.312 e. The Labute approximate surface area is 178 Å². The van der Waals surface area contributed by atoms with E-state index in [-0.39, 0.29) is 12.3 Å². The number of hydrogen-bond acceptors (Lipinski definition) is 1. The summed E-state index contributed by atoms with van der Waals surface area (Å²) in [5.74, 6) is -3.82. The largest absolute Gasteiger partial charge is 0.404 e. The maximum absolute atomic E-state index is 13.1. The van der Waals surface area contributed by atoms with E-state index in [9.17, 15) is 31.1 Å². The number of amides is 1. The topological polar surface area (TPSA) is 20.3 Å². The van der Waals surface area contributed by atoms with Gasteiger partial charge in [0, 0.05) is 16.7 Å². The maximum Gasteiger partial charge on any atom is 0.404 e. The van der Waals surface area contributed by atoms with Crippen LogP contribution >= 0.6 is 15.9 Å². The van der Waals surface area contributed by atoms with Crippen LogP contribution in [-0.2, 0) is 17.6 Å². The molecule has 0 aromatic heterocycles. The van der Waals surface area contributed by atoms with Gasteiger partial charge in [0.05, 0.1) is 6.42 Å². The minimum absolute atomic E-state index is 0.0658. The van der Waals surface area contributed by atoms with Crippen LogP contribution in [0.15, 0.2) is 46.9 Å². The first-order chi connectivity index (χ1) is 14.0. The van der Waals surface area contributed by atoms with E-state index < -0.39 is 23.8 Å². The SMILES string of the molecule is O=C(Cc1ccccc1Br)N1CCCCc2cc(C(C(F)(F)F)C(F)(F)F)ccc21. The molecule has 0 radical (unpaired) electrons. The molecule has 1 heterocycles. The van der Waals surface area contributed by atoms with E-state index in [4.69, 9.17) is 0 Å². The normalized spacial score (nSPS) is 15.1. The highest BCUT2D eigenvalue weighted by atomic mass is 79.9. The van der Waals surface area contributed by atoms with Crippen LogP contribution in [0, 0.1) is 0 Å².